The van der Waals surface area contributed by atoms with E-state index in [1.807, 2.05) is 0 Å². The van der Waals surface area contributed by atoms with E-state index < -0.39 is 5.82 Å². The number of benzene rings is 1. The van der Waals surface area contributed by atoms with Crippen molar-refractivity contribution in [1.82, 2.24) is 0 Å². The van der Waals surface area contributed by atoms with Crippen LogP contribution in [0.3, 0.4) is 0 Å². The number of thiol groups is 1. The molecule has 0 aromatic heterocycles. The zero-order valence-electron chi connectivity index (χ0n) is 4.94. The SMILES string of the molecule is Nc1cc(Cl)c(S)cc1F. The zero-order chi connectivity index (χ0) is 7.72. The Morgan fingerprint density at radius 1 is 1.50 bits per heavy atom. The number of anilines is 1. The Hall–Kier alpha value is -0.410. The van der Waals surface area contributed by atoms with E-state index in [-0.39, 0.29) is 5.69 Å². The minimum atomic E-state index is -0.491. The van der Waals surface area contributed by atoms with E-state index in [1.165, 1.54) is 12.1 Å². The molecule has 4 heteroatoms. The molecule has 2 N–H and O–H groups in total. The van der Waals surface area contributed by atoms with Gasteiger partial charge in [0.25, 0.3) is 0 Å². The lowest BCUT2D eigenvalue weighted by Gasteiger charge is -1.98. The Labute approximate surface area is 68.4 Å². The zero-order valence-corrected chi connectivity index (χ0v) is 6.59. The molecule has 0 saturated carbocycles. The molecule has 0 aliphatic heterocycles. The summed E-state index contributed by atoms with van der Waals surface area (Å²) in [4.78, 5) is 0.397. The molecule has 0 bridgehead atoms. The third-order valence-electron chi connectivity index (χ3n) is 1.07. The standard InChI is InChI=1S/C6H5ClFNS/c7-3-1-5(9)4(8)2-6(3)10/h1-2,10H,9H2. The molecular weight excluding hydrogens is 173 g/mol. The Morgan fingerprint density at radius 2 is 2.10 bits per heavy atom. The third kappa shape index (κ3) is 1.36. The smallest absolute Gasteiger partial charge is 0.147 e. The summed E-state index contributed by atoms with van der Waals surface area (Å²) < 4.78 is 12.5. The second-order valence-corrected chi connectivity index (χ2v) is 2.71. The van der Waals surface area contributed by atoms with Gasteiger partial charge in [0.05, 0.1) is 10.7 Å². The van der Waals surface area contributed by atoms with Crippen molar-refractivity contribution in [2.24, 2.45) is 0 Å². The number of hydrogen-bond donors (Lipinski definition) is 2. The Bertz CT molecular complexity index is 214. The molecule has 0 radical (unpaired) electrons. The van der Waals surface area contributed by atoms with Crippen LogP contribution in [-0.2, 0) is 0 Å². The fourth-order valence-corrected chi connectivity index (χ4v) is 0.902. The van der Waals surface area contributed by atoms with Crippen molar-refractivity contribution < 1.29 is 4.39 Å². The fourth-order valence-electron chi connectivity index (χ4n) is 0.552. The molecule has 1 aromatic rings. The predicted octanol–water partition coefficient (Wildman–Crippen LogP) is 2.35. The number of halogens is 2. The van der Waals surface area contributed by atoms with Crippen LogP contribution in [0.2, 0.25) is 5.02 Å². The first-order valence-electron chi connectivity index (χ1n) is 2.54. The maximum absolute atomic E-state index is 12.5. The minimum Gasteiger partial charge on any atom is -0.396 e. The molecule has 0 aliphatic carbocycles. The molecule has 1 rings (SSSR count). The van der Waals surface area contributed by atoms with Crippen LogP contribution in [0, 0.1) is 5.82 Å². The van der Waals surface area contributed by atoms with Gasteiger partial charge >= 0.3 is 0 Å². The summed E-state index contributed by atoms with van der Waals surface area (Å²) in [5, 5.41) is 0.363. The van der Waals surface area contributed by atoms with E-state index >= 15 is 0 Å². The second kappa shape index (κ2) is 2.68. The van der Waals surface area contributed by atoms with Crippen LogP contribution in [0.1, 0.15) is 0 Å². The summed E-state index contributed by atoms with van der Waals surface area (Å²) in [6.07, 6.45) is 0. The molecule has 1 nitrogen and oxygen atoms in total. The molecule has 0 atom stereocenters. The summed E-state index contributed by atoms with van der Waals surface area (Å²) in [7, 11) is 0. The number of nitrogens with two attached hydrogens (primary N) is 1. The maximum atomic E-state index is 12.5. The highest BCUT2D eigenvalue weighted by Gasteiger charge is 2.01. The molecule has 54 valence electrons. The fraction of sp³-hybridized carbons (Fsp3) is 0. The van der Waals surface area contributed by atoms with Crippen molar-refractivity contribution in [3.63, 3.8) is 0 Å². The van der Waals surface area contributed by atoms with Gasteiger partial charge in [-0.1, -0.05) is 11.6 Å². The largest absolute Gasteiger partial charge is 0.396 e. The summed E-state index contributed by atoms with van der Waals surface area (Å²) >= 11 is 9.45. The van der Waals surface area contributed by atoms with Crippen LogP contribution in [0.25, 0.3) is 0 Å². The highest BCUT2D eigenvalue weighted by molar-refractivity contribution is 7.80. The van der Waals surface area contributed by atoms with Crippen LogP contribution in [-0.4, -0.2) is 0 Å². The summed E-state index contributed by atoms with van der Waals surface area (Å²) in [5.41, 5.74) is 5.24. The molecular formula is C6H5ClFNS. The Kier molecular flexibility index (Phi) is 2.06. The van der Waals surface area contributed by atoms with Crippen molar-refractivity contribution in [3.8, 4) is 0 Å². The van der Waals surface area contributed by atoms with Gasteiger partial charge in [-0.15, -0.1) is 12.6 Å². The van der Waals surface area contributed by atoms with E-state index in [2.05, 4.69) is 12.6 Å². The van der Waals surface area contributed by atoms with Crippen LogP contribution in [0.15, 0.2) is 17.0 Å². The lowest BCUT2D eigenvalue weighted by molar-refractivity contribution is 0.629. The molecule has 0 amide bonds. The highest BCUT2D eigenvalue weighted by Crippen LogP contribution is 2.24. The average molecular weight is 178 g/mol. The molecule has 0 fully saturated rings. The Balaban J connectivity index is 3.28. The summed E-state index contributed by atoms with van der Waals surface area (Å²) in [5.74, 6) is -0.491. The van der Waals surface area contributed by atoms with Gasteiger partial charge in [0.1, 0.15) is 5.82 Å². The van der Waals surface area contributed by atoms with Crippen LogP contribution in [0.4, 0.5) is 10.1 Å². The Morgan fingerprint density at radius 3 is 2.60 bits per heavy atom. The highest BCUT2D eigenvalue weighted by atomic mass is 35.5. The topological polar surface area (TPSA) is 26.0 Å². The van der Waals surface area contributed by atoms with E-state index in [1.54, 1.807) is 0 Å². The molecule has 0 unspecified atom stereocenters. The summed E-state index contributed by atoms with van der Waals surface area (Å²) in [6.45, 7) is 0. The molecule has 1 aromatic carbocycles. The van der Waals surface area contributed by atoms with Gasteiger partial charge in [-0.25, -0.2) is 4.39 Å². The lowest BCUT2D eigenvalue weighted by atomic mass is 10.3. The van der Waals surface area contributed by atoms with Crippen molar-refractivity contribution >= 4 is 29.9 Å². The summed E-state index contributed by atoms with van der Waals surface area (Å²) in [6, 6.07) is 2.51. The maximum Gasteiger partial charge on any atom is 0.147 e. The molecule has 0 aliphatic rings. The van der Waals surface area contributed by atoms with Gasteiger partial charge in [-0.2, -0.15) is 0 Å². The minimum absolute atomic E-state index is 0.0443. The van der Waals surface area contributed by atoms with E-state index in [0.717, 1.165) is 0 Å². The second-order valence-electron chi connectivity index (χ2n) is 1.83. The van der Waals surface area contributed by atoms with Crippen LogP contribution in [0.5, 0.6) is 0 Å². The van der Waals surface area contributed by atoms with E-state index in [0.29, 0.717) is 9.92 Å². The van der Waals surface area contributed by atoms with Gasteiger partial charge in [-0.3, -0.25) is 0 Å². The predicted molar refractivity (Wildman–Crippen MR) is 43.1 cm³/mol. The van der Waals surface area contributed by atoms with E-state index in [9.17, 15) is 4.39 Å². The molecule has 0 saturated heterocycles. The average Bonchev–Trinajstić information content (AvgIpc) is 1.84. The van der Waals surface area contributed by atoms with Crippen molar-refractivity contribution in [1.29, 1.82) is 0 Å². The number of hydrogen-bond acceptors (Lipinski definition) is 2. The van der Waals surface area contributed by atoms with Gasteiger partial charge in [0.2, 0.25) is 0 Å². The van der Waals surface area contributed by atoms with Crippen molar-refractivity contribution in [2.75, 3.05) is 5.73 Å². The first-order chi connectivity index (χ1) is 4.61. The third-order valence-corrected chi connectivity index (χ3v) is 1.88. The van der Waals surface area contributed by atoms with Gasteiger partial charge in [0, 0.05) is 4.90 Å². The normalized spacial score (nSPS) is 9.90. The van der Waals surface area contributed by atoms with Gasteiger partial charge < -0.3 is 5.73 Å². The van der Waals surface area contributed by atoms with Crippen molar-refractivity contribution in [3.05, 3.63) is 23.0 Å². The van der Waals surface area contributed by atoms with Gasteiger partial charge in [0.15, 0.2) is 0 Å². The van der Waals surface area contributed by atoms with Crippen LogP contribution < -0.4 is 5.73 Å². The van der Waals surface area contributed by atoms with Gasteiger partial charge in [-0.05, 0) is 12.1 Å². The quantitative estimate of drug-likeness (QED) is 0.462. The lowest BCUT2D eigenvalue weighted by Crippen LogP contribution is -1.89. The van der Waals surface area contributed by atoms with E-state index in [4.69, 9.17) is 17.3 Å². The number of nitrogen functional groups attached to an aromatic ring is 1. The first kappa shape index (κ1) is 7.69. The molecule has 0 spiro atoms. The van der Waals surface area contributed by atoms with Crippen LogP contribution >= 0.6 is 24.2 Å². The first-order valence-corrected chi connectivity index (χ1v) is 3.37. The molecule has 10 heavy (non-hydrogen) atoms. The molecule has 0 heterocycles. The number of rotatable bonds is 0. The van der Waals surface area contributed by atoms with Crippen molar-refractivity contribution in [2.45, 2.75) is 4.90 Å². The monoisotopic (exact) mass is 177 g/mol.